The number of carbonyl (C=O) groups is 2. The van der Waals surface area contributed by atoms with Crippen molar-refractivity contribution in [3.63, 3.8) is 0 Å². The van der Waals surface area contributed by atoms with Crippen LogP contribution in [-0.4, -0.2) is 16.8 Å². The van der Waals surface area contributed by atoms with Crippen molar-refractivity contribution in [1.29, 1.82) is 0 Å². The van der Waals surface area contributed by atoms with E-state index >= 15 is 0 Å². The average molecular weight is 367 g/mol. The van der Waals surface area contributed by atoms with E-state index in [1.807, 2.05) is 30.3 Å². The van der Waals surface area contributed by atoms with Crippen molar-refractivity contribution in [2.45, 2.75) is 38.7 Å². The number of nitrogens with zero attached hydrogens (tertiary/aromatic N) is 1. The minimum atomic E-state index is -0.101. The van der Waals surface area contributed by atoms with Crippen LogP contribution in [0.1, 0.15) is 37.7 Å². The lowest BCUT2D eigenvalue weighted by molar-refractivity contribution is -0.135. The number of aromatic nitrogens is 1. The topological polar surface area (TPSA) is 80.3 Å². The van der Waals surface area contributed by atoms with Crippen molar-refractivity contribution in [1.82, 2.24) is 10.5 Å². The molecule has 1 heterocycles. The van der Waals surface area contributed by atoms with Crippen LogP contribution in [0.15, 0.2) is 54.9 Å². The maximum absolute atomic E-state index is 12.3. The molecule has 0 bridgehead atoms. The average Bonchev–Trinajstić information content (AvgIpc) is 2.70. The highest BCUT2D eigenvalue weighted by Gasteiger charge is 2.27. The lowest BCUT2D eigenvalue weighted by Crippen LogP contribution is -2.30. The molecule has 1 aliphatic carbocycles. The number of rotatable bonds is 7. The van der Waals surface area contributed by atoms with Gasteiger partial charge in [0.1, 0.15) is 0 Å². The summed E-state index contributed by atoms with van der Waals surface area (Å²) >= 11 is 0. The number of carbonyl (C=O) groups excluding carboxylic acids is 2. The summed E-state index contributed by atoms with van der Waals surface area (Å²) in [5.74, 6) is 0.257. The first kappa shape index (κ1) is 19.0. The van der Waals surface area contributed by atoms with Crippen LogP contribution in [0.4, 0.5) is 5.69 Å². The molecule has 0 atom stereocenters. The van der Waals surface area contributed by atoms with Crippen molar-refractivity contribution in [3.8, 4) is 0 Å². The predicted molar refractivity (Wildman–Crippen MR) is 102 cm³/mol. The van der Waals surface area contributed by atoms with Gasteiger partial charge in [-0.3, -0.25) is 19.4 Å². The number of hydrogen-bond donors (Lipinski definition) is 2. The third-order valence-electron chi connectivity index (χ3n) is 4.91. The highest BCUT2D eigenvalue weighted by molar-refractivity contribution is 5.92. The molecule has 6 nitrogen and oxygen atoms in total. The van der Waals surface area contributed by atoms with E-state index in [9.17, 15) is 9.59 Å². The molecule has 0 saturated heterocycles. The first-order valence-electron chi connectivity index (χ1n) is 9.36. The third-order valence-corrected chi connectivity index (χ3v) is 4.91. The van der Waals surface area contributed by atoms with Crippen LogP contribution in [0.5, 0.6) is 0 Å². The van der Waals surface area contributed by atoms with Crippen LogP contribution in [0, 0.1) is 11.8 Å². The van der Waals surface area contributed by atoms with Gasteiger partial charge in [0.2, 0.25) is 11.8 Å². The quantitative estimate of drug-likeness (QED) is 0.735. The van der Waals surface area contributed by atoms with Gasteiger partial charge in [-0.2, -0.15) is 0 Å². The number of anilines is 1. The van der Waals surface area contributed by atoms with Crippen LogP contribution in [0.25, 0.3) is 0 Å². The van der Waals surface area contributed by atoms with Crippen LogP contribution in [0.2, 0.25) is 0 Å². The zero-order valence-corrected chi connectivity index (χ0v) is 15.3. The van der Waals surface area contributed by atoms with Gasteiger partial charge in [0.15, 0.2) is 0 Å². The molecule has 1 aromatic heterocycles. The maximum Gasteiger partial charge on any atom is 0.243 e. The lowest BCUT2D eigenvalue weighted by atomic mass is 9.80. The summed E-state index contributed by atoms with van der Waals surface area (Å²) in [6.45, 7) is 0.356. The molecule has 27 heavy (non-hydrogen) atoms. The van der Waals surface area contributed by atoms with Crippen LogP contribution in [-0.2, 0) is 21.0 Å². The number of hydroxylamine groups is 1. The first-order valence-corrected chi connectivity index (χ1v) is 9.36. The fraction of sp³-hybridized carbons (Fsp3) is 0.381. The van der Waals surface area contributed by atoms with Crippen LogP contribution >= 0.6 is 0 Å². The molecule has 2 N–H and O–H groups in total. The molecular weight excluding hydrogens is 342 g/mol. The minimum Gasteiger partial charge on any atom is -0.326 e. The van der Waals surface area contributed by atoms with Gasteiger partial charge in [-0.1, -0.05) is 30.3 Å². The molecular formula is C21H25N3O3. The van der Waals surface area contributed by atoms with Gasteiger partial charge in [0.05, 0.1) is 6.61 Å². The molecule has 142 valence electrons. The van der Waals surface area contributed by atoms with E-state index in [4.69, 9.17) is 4.84 Å². The number of amides is 2. The zero-order chi connectivity index (χ0) is 18.9. The Kier molecular flexibility index (Phi) is 6.93. The smallest absolute Gasteiger partial charge is 0.243 e. The zero-order valence-electron chi connectivity index (χ0n) is 15.3. The van der Waals surface area contributed by atoms with Crippen molar-refractivity contribution >= 4 is 17.5 Å². The summed E-state index contributed by atoms with van der Waals surface area (Å²) in [7, 11) is 0. The van der Waals surface area contributed by atoms with Gasteiger partial charge in [0, 0.05) is 30.4 Å². The summed E-state index contributed by atoms with van der Waals surface area (Å²) in [5.41, 5.74) is 4.30. The number of nitrogens with one attached hydrogen (secondary N) is 2. The Morgan fingerprint density at radius 2 is 1.70 bits per heavy atom. The molecule has 1 aliphatic rings. The lowest BCUT2D eigenvalue weighted by Gasteiger charge is -2.27. The summed E-state index contributed by atoms with van der Waals surface area (Å²) in [5, 5.41) is 2.93. The van der Waals surface area contributed by atoms with Gasteiger partial charge >= 0.3 is 0 Å². The van der Waals surface area contributed by atoms with Crippen LogP contribution < -0.4 is 10.8 Å². The number of benzene rings is 1. The van der Waals surface area contributed by atoms with Gasteiger partial charge in [-0.25, -0.2) is 5.48 Å². The minimum absolute atomic E-state index is 0.00630. The first-order chi connectivity index (χ1) is 13.2. The van der Waals surface area contributed by atoms with Gasteiger partial charge in [0.25, 0.3) is 0 Å². The Hall–Kier alpha value is -2.73. The van der Waals surface area contributed by atoms with Crippen molar-refractivity contribution in [2.75, 3.05) is 5.32 Å². The Bertz CT molecular complexity index is 729. The van der Waals surface area contributed by atoms with E-state index in [1.165, 1.54) is 0 Å². The second-order valence-electron chi connectivity index (χ2n) is 6.95. The monoisotopic (exact) mass is 367 g/mol. The van der Waals surface area contributed by atoms with Gasteiger partial charge in [-0.15, -0.1) is 0 Å². The fourth-order valence-corrected chi connectivity index (χ4v) is 3.39. The summed E-state index contributed by atoms with van der Waals surface area (Å²) in [6, 6.07) is 13.3. The molecule has 1 aromatic carbocycles. The van der Waals surface area contributed by atoms with E-state index in [2.05, 4.69) is 15.8 Å². The Morgan fingerprint density at radius 1 is 1.00 bits per heavy atom. The van der Waals surface area contributed by atoms with E-state index in [1.54, 1.807) is 24.5 Å². The van der Waals surface area contributed by atoms with Gasteiger partial charge < -0.3 is 5.32 Å². The van der Waals surface area contributed by atoms with E-state index in [0.717, 1.165) is 36.9 Å². The van der Waals surface area contributed by atoms with Crippen molar-refractivity contribution in [2.24, 2.45) is 11.8 Å². The summed E-state index contributed by atoms with van der Waals surface area (Å²) in [6.07, 6.45) is 7.12. The molecule has 1 saturated carbocycles. The molecule has 2 aromatic rings. The molecule has 0 radical (unpaired) electrons. The molecule has 1 fully saturated rings. The van der Waals surface area contributed by atoms with E-state index < -0.39 is 0 Å². The largest absolute Gasteiger partial charge is 0.326 e. The predicted octanol–water partition coefficient (Wildman–Crippen LogP) is 3.46. The second-order valence-corrected chi connectivity index (χ2v) is 6.95. The van der Waals surface area contributed by atoms with Crippen LogP contribution in [0.3, 0.4) is 0 Å². The SMILES string of the molecule is O=C(CC1CCC(C(=O)Nc2ccncc2)CC1)NOCc1ccccc1. The van der Waals surface area contributed by atoms with E-state index in [-0.39, 0.29) is 17.7 Å². The standard InChI is InChI=1S/C21H25N3O3/c25-20(24-27-15-17-4-2-1-3-5-17)14-16-6-8-18(9-7-16)21(26)23-19-10-12-22-13-11-19/h1-5,10-13,16,18H,6-9,14-15H2,(H,24,25)(H,22,23,26). The van der Waals surface area contributed by atoms with Crippen molar-refractivity contribution < 1.29 is 14.4 Å². The Morgan fingerprint density at radius 3 is 2.41 bits per heavy atom. The molecule has 2 amide bonds. The maximum atomic E-state index is 12.3. The Labute approximate surface area is 159 Å². The molecule has 0 aliphatic heterocycles. The molecule has 6 heteroatoms. The molecule has 0 unspecified atom stereocenters. The van der Waals surface area contributed by atoms with Crippen molar-refractivity contribution in [3.05, 3.63) is 60.4 Å². The fourth-order valence-electron chi connectivity index (χ4n) is 3.39. The summed E-state index contributed by atoms with van der Waals surface area (Å²) < 4.78 is 0. The van der Waals surface area contributed by atoms with Gasteiger partial charge in [-0.05, 0) is 49.3 Å². The highest BCUT2D eigenvalue weighted by atomic mass is 16.6. The van der Waals surface area contributed by atoms with E-state index in [0.29, 0.717) is 18.9 Å². The molecule has 0 spiro atoms. The third kappa shape index (κ3) is 6.18. The number of hydrogen-bond acceptors (Lipinski definition) is 4. The molecule has 3 rings (SSSR count). The summed E-state index contributed by atoms with van der Waals surface area (Å²) in [4.78, 5) is 33.6. The normalized spacial score (nSPS) is 19.3. The second kappa shape index (κ2) is 9.83. The highest BCUT2D eigenvalue weighted by Crippen LogP contribution is 2.31. The Balaban J connectivity index is 1.34. The number of pyridine rings is 1.